The van der Waals surface area contributed by atoms with Gasteiger partial charge in [0.25, 0.3) is 0 Å². The van der Waals surface area contributed by atoms with Crippen molar-refractivity contribution >= 4 is 22.8 Å². The average molecular weight is 248 g/mol. The molecule has 0 aromatic heterocycles. The summed E-state index contributed by atoms with van der Waals surface area (Å²) in [6.45, 7) is 6.60. The number of thioether (sulfide) groups is 1. The minimum atomic E-state index is -0.944. The van der Waals surface area contributed by atoms with Gasteiger partial charge in [0.1, 0.15) is 0 Å². The first-order valence-corrected chi connectivity index (χ1v) is 6.03. The van der Waals surface area contributed by atoms with Gasteiger partial charge in [-0.2, -0.15) is 0 Å². The van der Waals surface area contributed by atoms with Crippen molar-refractivity contribution in [3.63, 3.8) is 0 Å². The Bertz CT molecular complexity index is 263. The summed E-state index contributed by atoms with van der Waals surface area (Å²) in [4.78, 5) is 22.3. The van der Waals surface area contributed by atoms with Gasteiger partial charge in [0.2, 0.25) is 0 Å². The van der Waals surface area contributed by atoms with Gasteiger partial charge >= 0.3 is 5.97 Å². The van der Waals surface area contributed by atoms with E-state index in [4.69, 9.17) is 0 Å². The van der Waals surface area contributed by atoms with Crippen LogP contribution in [0.3, 0.4) is 0 Å². The number of aliphatic hydroxyl groups excluding tert-OH is 1. The minimum Gasteiger partial charge on any atom is -0.469 e. The molecule has 0 radical (unpaired) electrons. The van der Waals surface area contributed by atoms with Crippen molar-refractivity contribution in [1.29, 1.82) is 0 Å². The quantitative estimate of drug-likeness (QED) is 0.749. The summed E-state index contributed by atoms with van der Waals surface area (Å²) in [6.07, 6.45) is -0.436. The summed E-state index contributed by atoms with van der Waals surface area (Å²) in [5.74, 6) is -0.444. The van der Waals surface area contributed by atoms with E-state index in [1.54, 1.807) is 13.8 Å². The molecule has 0 fully saturated rings. The second-order valence-electron chi connectivity index (χ2n) is 4.38. The van der Waals surface area contributed by atoms with Gasteiger partial charge in [-0.15, -0.1) is 0 Å². The third kappa shape index (κ3) is 4.53. The van der Waals surface area contributed by atoms with Crippen LogP contribution in [0.2, 0.25) is 0 Å². The maximum absolute atomic E-state index is 11.4. The second-order valence-corrected chi connectivity index (χ2v) is 6.00. The van der Waals surface area contributed by atoms with Gasteiger partial charge in [-0.05, 0) is 20.3 Å². The molecule has 0 saturated carbocycles. The summed E-state index contributed by atoms with van der Waals surface area (Å²) >= 11 is 1.17. The van der Waals surface area contributed by atoms with E-state index >= 15 is 0 Å². The van der Waals surface area contributed by atoms with Crippen LogP contribution in [0.5, 0.6) is 0 Å². The number of methoxy groups -OCH3 is 1. The first kappa shape index (κ1) is 15.4. The Hall–Kier alpha value is -0.550. The molecule has 0 spiro atoms. The van der Waals surface area contributed by atoms with Crippen molar-refractivity contribution in [2.24, 2.45) is 5.41 Å². The third-order valence-corrected chi connectivity index (χ3v) is 3.39. The highest BCUT2D eigenvalue weighted by Gasteiger charge is 2.37. The Morgan fingerprint density at radius 2 is 1.94 bits per heavy atom. The molecule has 0 aliphatic heterocycles. The number of hydrogen-bond acceptors (Lipinski definition) is 5. The molecule has 0 rings (SSSR count). The molecule has 0 aromatic carbocycles. The topological polar surface area (TPSA) is 63.6 Å². The maximum atomic E-state index is 11.4. The molecule has 5 heteroatoms. The summed E-state index contributed by atoms with van der Waals surface area (Å²) in [5, 5.41) is 9.93. The van der Waals surface area contributed by atoms with Crippen LogP contribution in [0.1, 0.15) is 34.1 Å². The van der Waals surface area contributed by atoms with E-state index in [0.717, 1.165) is 0 Å². The van der Waals surface area contributed by atoms with Gasteiger partial charge in [0.15, 0.2) is 5.12 Å². The monoisotopic (exact) mass is 248 g/mol. The number of carbonyl (C=O) groups is 2. The van der Waals surface area contributed by atoms with Gasteiger partial charge in [-0.25, -0.2) is 0 Å². The van der Waals surface area contributed by atoms with Gasteiger partial charge < -0.3 is 9.84 Å². The van der Waals surface area contributed by atoms with Crippen LogP contribution in [-0.4, -0.2) is 34.7 Å². The predicted octanol–water partition coefficient (Wildman–Crippen LogP) is 1.60. The van der Waals surface area contributed by atoms with Crippen LogP contribution >= 0.6 is 11.8 Å². The molecule has 0 saturated heterocycles. The summed E-state index contributed by atoms with van der Waals surface area (Å²) in [6, 6.07) is 0. The van der Waals surface area contributed by atoms with E-state index in [1.807, 2.05) is 6.92 Å². The SMILES string of the molecule is COC(=O)C(C)(C)[C@H](O)C[C@@H](C)SC(C)=O. The Kier molecular flexibility index (Phi) is 6.04. The predicted molar refractivity (Wildman–Crippen MR) is 64.2 cm³/mol. The van der Waals surface area contributed by atoms with Crippen LogP contribution in [-0.2, 0) is 14.3 Å². The third-order valence-electron chi connectivity index (χ3n) is 2.47. The zero-order valence-corrected chi connectivity index (χ0v) is 11.3. The molecule has 16 heavy (non-hydrogen) atoms. The normalized spacial score (nSPS) is 15.4. The van der Waals surface area contributed by atoms with Crippen LogP contribution in [0.25, 0.3) is 0 Å². The number of rotatable bonds is 5. The standard InChI is InChI=1S/C11H20O4S/c1-7(16-8(2)12)6-9(13)11(3,4)10(14)15-5/h7,9,13H,6H2,1-5H3/t7-,9-/m1/s1. The van der Waals surface area contributed by atoms with E-state index in [-0.39, 0.29) is 10.4 Å². The Labute approximate surface area is 101 Å². The highest BCUT2D eigenvalue weighted by Crippen LogP contribution is 2.28. The van der Waals surface area contributed by atoms with E-state index in [9.17, 15) is 14.7 Å². The Morgan fingerprint density at radius 1 is 1.44 bits per heavy atom. The first-order valence-electron chi connectivity index (χ1n) is 5.15. The lowest BCUT2D eigenvalue weighted by Gasteiger charge is -2.29. The molecular formula is C11H20O4S. The van der Waals surface area contributed by atoms with E-state index < -0.39 is 17.5 Å². The molecular weight excluding hydrogens is 228 g/mol. The fraction of sp³-hybridized carbons (Fsp3) is 0.818. The summed E-state index contributed by atoms with van der Waals surface area (Å²) < 4.78 is 4.63. The van der Waals surface area contributed by atoms with Crippen molar-refractivity contribution < 1.29 is 19.4 Å². The molecule has 0 aliphatic rings. The molecule has 0 amide bonds. The lowest BCUT2D eigenvalue weighted by Crippen LogP contribution is -2.39. The van der Waals surface area contributed by atoms with Crippen LogP contribution in [0.15, 0.2) is 0 Å². The zero-order chi connectivity index (χ0) is 12.9. The molecule has 1 N–H and O–H groups in total. The first-order chi connectivity index (χ1) is 7.21. The largest absolute Gasteiger partial charge is 0.469 e. The number of esters is 1. The van der Waals surface area contributed by atoms with E-state index in [1.165, 1.54) is 25.8 Å². The van der Waals surface area contributed by atoms with Crippen molar-refractivity contribution in [2.75, 3.05) is 7.11 Å². The van der Waals surface area contributed by atoms with Crippen LogP contribution in [0, 0.1) is 5.41 Å². The molecule has 0 aliphatic carbocycles. The van der Waals surface area contributed by atoms with Crippen LogP contribution in [0.4, 0.5) is 0 Å². The summed E-state index contributed by atoms with van der Waals surface area (Å²) in [5.41, 5.74) is -0.944. The fourth-order valence-electron chi connectivity index (χ4n) is 1.34. The lowest BCUT2D eigenvalue weighted by atomic mass is 9.84. The Morgan fingerprint density at radius 3 is 2.31 bits per heavy atom. The smallest absolute Gasteiger partial charge is 0.313 e. The molecule has 0 unspecified atom stereocenters. The zero-order valence-electron chi connectivity index (χ0n) is 10.4. The molecule has 0 aromatic rings. The molecule has 94 valence electrons. The number of hydrogen-bond donors (Lipinski definition) is 1. The molecule has 2 atom stereocenters. The van der Waals surface area contributed by atoms with Gasteiger partial charge in [-0.3, -0.25) is 9.59 Å². The molecule has 4 nitrogen and oxygen atoms in total. The van der Waals surface area contributed by atoms with E-state index in [2.05, 4.69) is 4.74 Å². The van der Waals surface area contributed by atoms with Crippen molar-refractivity contribution in [3.8, 4) is 0 Å². The average Bonchev–Trinajstić information content (AvgIpc) is 2.14. The van der Waals surface area contributed by atoms with Gasteiger partial charge in [-0.1, -0.05) is 18.7 Å². The molecule has 0 bridgehead atoms. The van der Waals surface area contributed by atoms with Crippen molar-refractivity contribution in [2.45, 2.75) is 45.5 Å². The number of carbonyl (C=O) groups excluding carboxylic acids is 2. The lowest BCUT2D eigenvalue weighted by molar-refractivity contribution is -0.157. The summed E-state index contributed by atoms with van der Waals surface area (Å²) in [7, 11) is 1.30. The minimum absolute atomic E-state index is 0.00979. The highest BCUT2D eigenvalue weighted by atomic mass is 32.2. The highest BCUT2D eigenvalue weighted by molar-refractivity contribution is 8.14. The number of ether oxygens (including phenoxy) is 1. The maximum Gasteiger partial charge on any atom is 0.313 e. The number of aliphatic hydroxyl groups is 1. The van der Waals surface area contributed by atoms with Gasteiger partial charge in [0.05, 0.1) is 18.6 Å². The van der Waals surface area contributed by atoms with Gasteiger partial charge in [0, 0.05) is 12.2 Å². The van der Waals surface area contributed by atoms with Crippen molar-refractivity contribution in [3.05, 3.63) is 0 Å². The molecule has 0 heterocycles. The van der Waals surface area contributed by atoms with Crippen molar-refractivity contribution in [1.82, 2.24) is 0 Å². The van der Waals surface area contributed by atoms with Crippen LogP contribution < -0.4 is 0 Å². The second kappa shape index (κ2) is 6.25. The fourth-order valence-corrected chi connectivity index (χ4v) is 2.18. The van der Waals surface area contributed by atoms with E-state index in [0.29, 0.717) is 6.42 Å². The Balaban J connectivity index is 4.39.